The standard InChI is InChI=1S/C14H16N2OS/c15-12(18)14(6-7-14)13(17)16-8-5-10-3-1-2-4-11(10)9-16/h1-4H,5-9H2,(H2,15,18). The van der Waals surface area contributed by atoms with Crippen LogP contribution in [0.4, 0.5) is 0 Å². The number of nitrogens with zero attached hydrogens (tertiary/aromatic N) is 1. The Bertz CT molecular complexity index is 522. The van der Waals surface area contributed by atoms with Crippen LogP contribution in [-0.4, -0.2) is 22.3 Å². The van der Waals surface area contributed by atoms with Gasteiger partial charge in [-0.15, -0.1) is 0 Å². The van der Waals surface area contributed by atoms with Crippen molar-refractivity contribution in [1.82, 2.24) is 4.90 Å². The van der Waals surface area contributed by atoms with Crippen molar-refractivity contribution >= 4 is 23.1 Å². The minimum Gasteiger partial charge on any atom is -0.392 e. The number of carbonyl (C=O) groups is 1. The molecule has 1 aromatic carbocycles. The third-order valence-electron chi connectivity index (χ3n) is 4.05. The van der Waals surface area contributed by atoms with Crippen LogP contribution in [0.5, 0.6) is 0 Å². The summed E-state index contributed by atoms with van der Waals surface area (Å²) in [6.45, 7) is 1.47. The van der Waals surface area contributed by atoms with E-state index < -0.39 is 5.41 Å². The molecule has 2 aliphatic rings. The summed E-state index contributed by atoms with van der Waals surface area (Å²) in [5, 5.41) is 0. The number of carbonyl (C=O) groups excluding carboxylic acids is 1. The van der Waals surface area contributed by atoms with E-state index in [9.17, 15) is 4.79 Å². The number of rotatable bonds is 2. The molecule has 0 aromatic heterocycles. The van der Waals surface area contributed by atoms with E-state index in [1.165, 1.54) is 11.1 Å². The van der Waals surface area contributed by atoms with Gasteiger partial charge in [-0.2, -0.15) is 0 Å². The van der Waals surface area contributed by atoms with E-state index in [1.54, 1.807) is 0 Å². The molecule has 0 radical (unpaired) electrons. The van der Waals surface area contributed by atoms with Gasteiger partial charge in [-0.05, 0) is 30.4 Å². The molecule has 0 saturated heterocycles. The second-order valence-corrected chi connectivity index (χ2v) is 5.63. The highest BCUT2D eigenvalue weighted by Crippen LogP contribution is 2.48. The Morgan fingerprint density at radius 2 is 1.94 bits per heavy atom. The van der Waals surface area contributed by atoms with Crippen LogP contribution >= 0.6 is 12.2 Å². The van der Waals surface area contributed by atoms with E-state index in [0.29, 0.717) is 11.5 Å². The van der Waals surface area contributed by atoms with Crippen LogP contribution in [0.2, 0.25) is 0 Å². The lowest BCUT2D eigenvalue weighted by atomic mass is 9.97. The summed E-state index contributed by atoms with van der Waals surface area (Å²) in [5.41, 5.74) is 7.80. The molecule has 3 rings (SSSR count). The van der Waals surface area contributed by atoms with Crippen LogP contribution in [0.3, 0.4) is 0 Å². The molecule has 1 aromatic rings. The lowest BCUT2D eigenvalue weighted by molar-refractivity contribution is -0.135. The Morgan fingerprint density at radius 1 is 1.28 bits per heavy atom. The average Bonchev–Trinajstić information content (AvgIpc) is 3.19. The predicted molar refractivity (Wildman–Crippen MR) is 74.0 cm³/mol. The Balaban J connectivity index is 1.81. The van der Waals surface area contributed by atoms with Crippen molar-refractivity contribution < 1.29 is 4.79 Å². The number of benzene rings is 1. The summed E-state index contributed by atoms with van der Waals surface area (Å²) in [5.74, 6) is 0.129. The Hall–Kier alpha value is -1.42. The molecule has 4 heteroatoms. The summed E-state index contributed by atoms with van der Waals surface area (Å²) in [4.78, 5) is 14.8. The van der Waals surface area contributed by atoms with Gasteiger partial charge in [0.15, 0.2) is 0 Å². The molecule has 1 fully saturated rings. The fraction of sp³-hybridized carbons (Fsp3) is 0.429. The molecule has 0 atom stereocenters. The average molecular weight is 260 g/mol. The molecule has 18 heavy (non-hydrogen) atoms. The van der Waals surface area contributed by atoms with Gasteiger partial charge < -0.3 is 10.6 Å². The molecule has 0 spiro atoms. The van der Waals surface area contributed by atoms with Crippen molar-refractivity contribution in [3.63, 3.8) is 0 Å². The summed E-state index contributed by atoms with van der Waals surface area (Å²) in [6, 6.07) is 8.30. The summed E-state index contributed by atoms with van der Waals surface area (Å²) < 4.78 is 0. The first kappa shape index (κ1) is 11.7. The van der Waals surface area contributed by atoms with Crippen molar-refractivity contribution in [2.24, 2.45) is 11.1 Å². The van der Waals surface area contributed by atoms with Crippen LogP contribution in [-0.2, 0) is 17.8 Å². The minimum absolute atomic E-state index is 0.129. The molecule has 1 aliphatic heterocycles. The molecule has 1 heterocycles. The van der Waals surface area contributed by atoms with Crippen LogP contribution < -0.4 is 5.73 Å². The number of nitrogens with two attached hydrogens (primary N) is 1. The molecule has 3 nitrogen and oxygen atoms in total. The highest BCUT2D eigenvalue weighted by atomic mass is 32.1. The van der Waals surface area contributed by atoms with Gasteiger partial charge in [0.1, 0.15) is 0 Å². The van der Waals surface area contributed by atoms with Gasteiger partial charge in [0.25, 0.3) is 0 Å². The van der Waals surface area contributed by atoms with E-state index >= 15 is 0 Å². The minimum atomic E-state index is -0.512. The van der Waals surface area contributed by atoms with Gasteiger partial charge in [0.05, 0.1) is 10.4 Å². The van der Waals surface area contributed by atoms with Crippen molar-refractivity contribution in [1.29, 1.82) is 0 Å². The van der Waals surface area contributed by atoms with Gasteiger partial charge in [0.2, 0.25) is 5.91 Å². The van der Waals surface area contributed by atoms with Crippen molar-refractivity contribution in [2.75, 3.05) is 6.54 Å². The zero-order valence-electron chi connectivity index (χ0n) is 10.2. The zero-order valence-corrected chi connectivity index (χ0v) is 11.0. The number of hydrogen-bond acceptors (Lipinski definition) is 2. The van der Waals surface area contributed by atoms with Crippen LogP contribution in [0.1, 0.15) is 24.0 Å². The Labute approximate surface area is 112 Å². The van der Waals surface area contributed by atoms with E-state index in [4.69, 9.17) is 18.0 Å². The van der Waals surface area contributed by atoms with E-state index in [1.807, 2.05) is 17.0 Å². The number of thiocarbonyl (C=S) groups is 1. The van der Waals surface area contributed by atoms with Crippen molar-refractivity contribution in [3.05, 3.63) is 35.4 Å². The fourth-order valence-corrected chi connectivity index (χ4v) is 2.95. The summed E-state index contributed by atoms with van der Waals surface area (Å²) >= 11 is 5.05. The molecular formula is C14H16N2OS. The SMILES string of the molecule is NC(=S)C1(C(=O)N2CCc3ccccc3C2)CC1. The zero-order chi connectivity index (χ0) is 12.8. The smallest absolute Gasteiger partial charge is 0.235 e. The first-order valence-corrected chi connectivity index (χ1v) is 6.70. The Kier molecular flexibility index (Phi) is 2.63. The number of fused-ring (bicyclic) bond motifs is 1. The van der Waals surface area contributed by atoms with Gasteiger partial charge in [-0.25, -0.2) is 0 Å². The van der Waals surface area contributed by atoms with Crippen LogP contribution in [0, 0.1) is 5.41 Å². The molecule has 1 aliphatic carbocycles. The fourth-order valence-electron chi connectivity index (χ4n) is 2.66. The predicted octanol–water partition coefficient (Wildman–Crippen LogP) is 1.64. The van der Waals surface area contributed by atoms with E-state index in [-0.39, 0.29) is 5.91 Å². The van der Waals surface area contributed by atoms with Crippen LogP contribution in [0.25, 0.3) is 0 Å². The topological polar surface area (TPSA) is 46.3 Å². The third kappa shape index (κ3) is 1.72. The maximum absolute atomic E-state index is 12.5. The monoisotopic (exact) mass is 260 g/mol. The van der Waals surface area contributed by atoms with E-state index in [2.05, 4.69) is 12.1 Å². The van der Waals surface area contributed by atoms with Gasteiger partial charge in [-0.1, -0.05) is 36.5 Å². The highest BCUT2D eigenvalue weighted by Gasteiger charge is 2.54. The summed E-state index contributed by atoms with van der Waals surface area (Å²) in [7, 11) is 0. The molecule has 0 unspecified atom stereocenters. The second-order valence-electron chi connectivity index (χ2n) is 5.19. The van der Waals surface area contributed by atoms with Gasteiger partial charge in [0, 0.05) is 13.1 Å². The van der Waals surface area contributed by atoms with Crippen molar-refractivity contribution in [2.45, 2.75) is 25.8 Å². The molecule has 94 valence electrons. The lowest BCUT2D eigenvalue weighted by Gasteiger charge is -2.31. The van der Waals surface area contributed by atoms with E-state index in [0.717, 1.165) is 25.8 Å². The summed E-state index contributed by atoms with van der Waals surface area (Å²) in [6.07, 6.45) is 2.56. The highest BCUT2D eigenvalue weighted by molar-refractivity contribution is 7.80. The lowest BCUT2D eigenvalue weighted by Crippen LogP contribution is -2.44. The first-order chi connectivity index (χ1) is 8.63. The quantitative estimate of drug-likeness (QED) is 0.822. The van der Waals surface area contributed by atoms with Crippen LogP contribution in [0.15, 0.2) is 24.3 Å². The molecule has 0 bridgehead atoms. The number of amides is 1. The third-order valence-corrected chi connectivity index (χ3v) is 4.44. The second kappa shape index (κ2) is 4.05. The number of hydrogen-bond donors (Lipinski definition) is 1. The first-order valence-electron chi connectivity index (χ1n) is 6.29. The molecule has 1 amide bonds. The largest absolute Gasteiger partial charge is 0.392 e. The normalized spacial score (nSPS) is 20.1. The Morgan fingerprint density at radius 3 is 2.56 bits per heavy atom. The van der Waals surface area contributed by atoms with Gasteiger partial charge >= 0.3 is 0 Å². The van der Waals surface area contributed by atoms with Gasteiger partial charge in [-0.3, -0.25) is 4.79 Å². The van der Waals surface area contributed by atoms with Crippen molar-refractivity contribution in [3.8, 4) is 0 Å². The maximum Gasteiger partial charge on any atom is 0.235 e. The maximum atomic E-state index is 12.5. The molecule has 2 N–H and O–H groups in total. The molecule has 1 saturated carbocycles. The molecular weight excluding hydrogens is 244 g/mol.